The van der Waals surface area contributed by atoms with Crippen LogP contribution in [0.25, 0.3) is 10.4 Å². The Bertz CT molecular complexity index is 1240. The van der Waals surface area contributed by atoms with E-state index in [1.54, 1.807) is 28.4 Å². The van der Waals surface area contributed by atoms with Crippen molar-refractivity contribution in [3.05, 3.63) is 53.4 Å². The second-order valence-electron chi connectivity index (χ2n) is 9.90. The molecule has 1 aliphatic rings. The van der Waals surface area contributed by atoms with E-state index in [0.29, 0.717) is 17.7 Å². The third-order valence-electron chi connectivity index (χ3n) is 6.74. The van der Waals surface area contributed by atoms with Crippen LogP contribution in [-0.2, 0) is 9.59 Å². The van der Waals surface area contributed by atoms with Gasteiger partial charge in [0.25, 0.3) is 0 Å². The molecule has 11 heteroatoms. The van der Waals surface area contributed by atoms with E-state index in [0.717, 1.165) is 21.7 Å². The fraction of sp³-hybridized carbons (Fsp3) is 0.481. The number of hydrogen-bond acceptors (Lipinski definition) is 7. The average molecular weight is 605 g/mol. The minimum atomic E-state index is -0.768. The van der Waals surface area contributed by atoms with Gasteiger partial charge in [-0.3, -0.25) is 14.3 Å². The van der Waals surface area contributed by atoms with Crippen LogP contribution in [0, 0.1) is 12.8 Å². The number of aryl methyl sites for hydroxylation is 1. The summed E-state index contributed by atoms with van der Waals surface area (Å²) in [6.45, 7) is 8.36. The largest absolute Gasteiger partial charge is 0.489 e. The number of nitrogens with one attached hydrogen (secondary N) is 1. The molecular weight excluding hydrogens is 570 g/mol. The Morgan fingerprint density at radius 1 is 1.26 bits per heavy atom. The van der Waals surface area contributed by atoms with Crippen molar-refractivity contribution in [2.45, 2.75) is 58.3 Å². The highest BCUT2D eigenvalue weighted by Crippen LogP contribution is 2.30. The van der Waals surface area contributed by atoms with Crippen molar-refractivity contribution >= 4 is 39.1 Å². The normalized spacial score (nSPS) is 19.0. The van der Waals surface area contributed by atoms with E-state index in [9.17, 15) is 14.7 Å². The molecule has 0 radical (unpaired) electrons. The van der Waals surface area contributed by atoms with E-state index in [1.165, 1.54) is 4.90 Å². The van der Waals surface area contributed by atoms with Gasteiger partial charge in [0.2, 0.25) is 11.8 Å². The van der Waals surface area contributed by atoms with Crippen molar-refractivity contribution in [3.63, 3.8) is 0 Å². The Morgan fingerprint density at radius 3 is 2.63 bits per heavy atom. The summed E-state index contributed by atoms with van der Waals surface area (Å²) < 4.78 is 7.19. The molecule has 2 aromatic heterocycles. The maximum atomic E-state index is 13.7. The number of likely N-dealkylation sites (tertiary alicyclic amines) is 1. The molecule has 0 saturated carbocycles. The van der Waals surface area contributed by atoms with Gasteiger partial charge in [-0.1, -0.05) is 54.0 Å². The first kappa shape index (κ1) is 28.3. The molecule has 3 heterocycles. The van der Waals surface area contributed by atoms with Crippen LogP contribution in [0.15, 0.2) is 42.2 Å². The number of halogens is 1. The van der Waals surface area contributed by atoms with Crippen molar-refractivity contribution in [1.82, 2.24) is 25.0 Å². The number of thiazole rings is 1. The lowest BCUT2D eigenvalue weighted by Gasteiger charge is -2.30. The van der Waals surface area contributed by atoms with Gasteiger partial charge in [-0.25, -0.2) is 4.98 Å². The van der Waals surface area contributed by atoms with Gasteiger partial charge in [-0.05, 0) is 30.9 Å². The van der Waals surface area contributed by atoms with Crippen LogP contribution in [0.5, 0.6) is 5.75 Å². The Hall–Kier alpha value is -2.76. The molecule has 204 valence electrons. The molecule has 4 atom stereocenters. The van der Waals surface area contributed by atoms with E-state index in [-0.39, 0.29) is 36.7 Å². The standard InChI is InChI=1S/C27H34BrN5O4S/c1-16(2)24(33-14-22(12-30-33)37-10-9-28)27(36)32-13-21(34)11-23(32)26(35)31-17(3)19-5-7-20(8-6-19)25-18(4)29-15-38-25/h5-8,12,14-17,21,23-24,34H,9-11,13H2,1-4H3,(H,31,35)/t17-,21+,23+,24?/m0/s1. The van der Waals surface area contributed by atoms with Crippen LogP contribution in [0.4, 0.5) is 0 Å². The number of β-amino-alcohol motifs (C(OH)–C–C–N with tert-alkyl or cyclic N) is 1. The molecule has 1 saturated heterocycles. The fourth-order valence-electron chi connectivity index (χ4n) is 4.78. The number of carbonyl (C=O) groups excluding carboxylic acids is 2. The predicted molar refractivity (Wildman–Crippen MR) is 150 cm³/mol. The summed E-state index contributed by atoms with van der Waals surface area (Å²) in [4.78, 5) is 34.0. The predicted octanol–water partition coefficient (Wildman–Crippen LogP) is 4.13. The highest BCUT2D eigenvalue weighted by Gasteiger charge is 2.42. The zero-order valence-corrected chi connectivity index (χ0v) is 24.4. The first-order valence-corrected chi connectivity index (χ1v) is 14.7. The maximum absolute atomic E-state index is 13.7. The van der Waals surface area contributed by atoms with Crippen LogP contribution in [0.2, 0.25) is 0 Å². The van der Waals surface area contributed by atoms with Gasteiger partial charge < -0.3 is 20.1 Å². The lowest BCUT2D eigenvalue weighted by Crippen LogP contribution is -2.49. The summed E-state index contributed by atoms with van der Waals surface area (Å²) in [6, 6.07) is 6.38. The summed E-state index contributed by atoms with van der Waals surface area (Å²) in [7, 11) is 0. The van der Waals surface area contributed by atoms with Crippen molar-refractivity contribution in [2.75, 3.05) is 18.5 Å². The highest BCUT2D eigenvalue weighted by molar-refractivity contribution is 9.09. The lowest BCUT2D eigenvalue weighted by molar-refractivity contribution is -0.142. The SMILES string of the molecule is Cc1ncsc1-c1ccc([C@H](C)NC(=O)[C@H]2C[C@@H](O)CN2C(=O)C(C(C)C)n2cc(OCCBr)cn2)cc1. The molecule has 4 rings (SSSR count). The van der Waals surface area contributed by atoms with Crippen LogP contribution in [0.3, 0.4) is 0 Å². The van der Waals surface area contributed by atoms with Gasteiger partial charge in [-0.2, -0.15) is 5.10 Å². The summed E-state index contributed by atoms with van der Waals surface area (Å²) in [5.74, 6) is -0.0469. The van der Waals surface area contributed by atoms with Crippen LogP contribution in [0.1, 0.15) is 50.5 Å². The maximum Gasteiger partial charge on any atom is 0.248 e. The van der Waals surface area contributed by atoms with E-state index >= 15 is 0 Å². The second kappa shape index (κ2) is 12.4. The Kier molecular flexibility index (Phi) is 9.22. The van der Waals surface area contributed by atoms with Crippen molar-refractivity contribution < 1.29 is 19.4 Å². The number of hydrogen-bond donors (Lipinski definition) is 2. The molecule has 2 N–H and O–H groups in total. The van der Waals surface area contributed by atoms with E-state index in [2.05, 4.69) is 31.3 Å². The quantitative estimate of drug-likeness (QED) is 0.337. The summed E-state index contributed by atoms with van der Waals surface area (Å²) in [5.41, 5.74) is 4.86. The first-order chi connectivity index (χ1) is 18.2. The Labute approximate surface area is 235 Å². The molecular formula is C27H34BrN5O4S. The number of nitrogens with zero attached hydrogens (tertiary/aromatic N) is 4. The minimum absolute atomic E-state index is 0.0903. The fourth-order valence-corrected chi connectivity index (χ4v) is 5.75. The highest BCUT2D eigenvalue weighted by atomic mass is 79.9. The summed E-state index contributed by atoms with van der Waals surface area (Å²) in [6.07, 6.45) is 2.71. The Morgan fingerprint density at radius 2 is 2.00 bits per heavy atom. The number of aliphatic hydroxyl groups excluding tert-OH is 1. The molecule has 1 unspecified atom stereocenters. The van der Waals surface area contributed by atoms with Gasteiger partial charge >= 0.3 is 0 Å². The van der Waals surface area contributed by atoms with Gasteiger partial charge in [0.15, 0.2) is 5.75 Å². The van der Waals surface area contributed by atoms with E-state index < -0.39 is 18.2 Å². The van der Waals surface area contributed by atoms with Gasteiger partial charge in [0.1, 0.15) is 12.1 Å². The molecule has 38 heavy (non-hydrogen) atoms. The third-order valence-corrected chi connectivity index (χ3v) is 8.04. The zero-order chi connectivity index (χ0) is 27.4. The molecule has 3 aromatic rings. The lowest BCUT2D eigenvalue weighted by atomic mass is 10.0. The van der Waals surface area contributed by atoms with Gasteiger partial charge in [0.05, 0.1) is 47.2 Å². The van der Waals surface area contributed by atoms with Crippen LogP contribution in [-0.4, -0.2) is 67.2 Å². The second-order valence-corrected chi connectivity index (χ2v) is 11.5. The van der Waals surface area contributed by atoms with Crippen molar-refractivity contribution in [2.24, 2.45) is 5.92 Å². The smallest absolute Gasteiger partial charge is 0.248 e. The van der Waals surface area contributed by atoms with Crippen molar-refractivity contribution in [1.29, 1.82) is 0 Å². The monoisotopic (exact) mass is 603 g/mol. The Balaban J connectivity index is 1.46. The van der Waals surface area contributed by atoms with Crippen LogP contribution < -0.4 is 10.1 Å². The molecule has 0 bridgehead atoms. The van der Waals surface area contributed by atoms with Gasteiger partial charge in [-0.15, -0.1) is 11.3 Å². The van der Waals surface area contributed by atoms with Gasteiger partial charge in [0, 0.05) is 18.3 Å². The number of aliphatic hydroxyl groups is 1. The summed E-state index contributed by atoms with van der Waals surface area (Å²) in [5, 5.41) is 18.5. The molecule has 2 amide bonds. The van der Waals surface area contributed by atoms with E-state index in [1.807, 2.05) is 57.5 Å². The number of aromatic nitrogens is 3. The molecule has 1 fully saturated rings. The zero-order valence-electron chi connectivity index (χ0n) is 22.0. The average Bonchev–Trinajstić information content (AvgIpc) is 3.62. The number of rotatable bonds is 10. The first-order valence-electron chi connectivity index (χ1n) is 12.7. The topological polar surface area (TPSA) is 110 Å². The van der Waals surface area contributed by atoms with Crippen LogP contribution >= 0.6 is 27.3 Å². The number of benzene rings is 1. The third kappa shape index (κ3) is 6.27. The number of alkyl halides is 1. The molecule has 0 spiro atoms. The summed E-state index contributed by atoms with van der Waals surface area (Å²) >= 11 is 4.93. The number of carbonyl (C=O) groups is 2. The molecule has 1 aliphatic heterocycles. The molecule has 9 nitrogen and oxygen atoms in total. The number of ether oxygens (including phenoxy) is 1. The molecule has 0 aliphatic carbocycles. The van der Waals surface area contributed by atoms with E-state index in [4.69, 9.17) is 4.74 Å². The number of amides is 2. The minimum Gasteiger partial charge on any atom is -0.489 e. The van der Waals surface area contributed by atoms with Crippen molar-refractivity contribution in [3.8, 4) is 16.2 Å². The molecule has 1 aromatic carbocycles.